The van der Waals surface area contributed by atoms with Crippen LogP contribution in [-0.2, 0) is 6.54 Å². The SMILES string of the molecule is O=C1C(Cl)=C(N2CC3C[C@@H](C2)c2cccc(=O)n2C3)C(=O)c2ccccc21. The first kappa shape index (κ1) is 16.5. The molecule has 2 bridgehead atoms. The fraction of sp³-hybridized carbons (Fsp3) is 0.286. The number of piperidine rings is 1. The summed E-state index contributed by atoms with van der Waals surface area (Å²) in [5, 5.41) is 0.00382. The van der Waals surface area contributed by atoms with Gasteiger partial charge in [0.1, 0.15) is 10.7 Å². The Bertz CT molecular complexity index is 1080. The molecule has 27 heavy (non-hydrogen) atoms. The van der Waals surface area contributed by atoms with Crippen molar-refractivity contribution in [3.05, 3.63) is 80.4 Å². The number of rotatable bonds is 1. The van der Waals surface area contributed by atoms with Crippen molar-refractivity contribution in [2.24, 2.45) is 5.92 Å². The number of Topliss-reactive ketones (excluding diaryl/α,β-unsaturated/α-hetero) is 2. The van der Waals surface area contributed by atoms with Gasteiger partial charge >= 0.3 is 0 Å². The van der Waals surface area contributed by atoms with Crippen LogP contribution in [-0.4, -0.2) is 34.1 Å². The Morgan fingerprint density at radius 3 is 2.37 bits per heavy atom. The number of likely N-dealkylation sites (tertiary alicyclic amines) is 1. The molecule has 0 amide bonds. The predicted molar refractivity (Wildman–Crippen MR) is 101 cm³/mol. The monoisotopic (exact) mass is 380 g/mol. The normalized spacial score (nSPS) is 24.0. The molecule has 0 N–H and O–H groups in total. The van der Waals surface area contributed by atoms with E-state index in [1.165, 1.54) is 0 Å². The van der Waals surface area contributed by atoms with Gasteiger partial charge in [0, 0.05) is 48.4 Å². The van der Waals surface area contributed by atoms with Crippen LogP contribution in [0, 0.1) is 5.92 Å². The van der Waals surface area contributed by atoms with Gasteiger partial charge in [-0.3, -0.25) is 14.4 Å². The van der Waals surface area contributed by atoms with Crippen LogP contribution in [0.4, 0.5) is 0 Å². The number of benzene rings is 1. The molecule has 136 valence electrons. The minimum absolute atomic E-state index is 0.00382. The summed E-state index contributed by atoms with van der Waals surface area (Å²) in [6.07, 6.45) is 0.976. The number of carbonyl (C=O) groups is 2. The van der Waals surface area contributed by atoms with Gasteiger partial charge in [-0.15, -0.1) is 0 Å². The van der Waals surface area contributed by atoms with Gasteiger partial charge in [0.25, 0.3) is 5.56 Å². The zero-order chi connectivity index (χ0) is 18.7. The summed E-state index contributed by atoms with van der Waals surface area (Å²) in [5.41, 5.74) is 2.10. The third kappa shape index (κ3) is 2.42. The first-order valence-electron chi connectivity index (χ1n) is 9.07. The van der Waals surface area contributed by atoms with Crippen LogP contribution in [0.3, 0.4) is 0 Å². The van der Waals surface area contributed by atoms with E-state index in [1.54, 1.807) is 36.4 Å². The van der Waals surface area contributed by atoms with Crippen LogP contribution >= 0.6 is 11.6 Å². The fourth-order valence-corrected chi connectivity index (χ4v) is 5.00. The van der Waals surface area contributed by atoms with Gasteiger partial charge in [-0.1, -0.05) is 41.9 Å². The number of carbonyl (C=O) groups excluding carboxylic acids is 2. The smallest absolute Gasteiger partial charge is 0.250 e. The fourth-order valence-electron chi connectivity index (χ4n) is 4.69. The average molecular weight is 381 g/mol. The van der Waals surface area contributed by atoms with Crippen molar-refractivity contribution < 1.29 is 9.59 Å². The zero-order valence-electron chi connectivity index (χ0n) is 14.5. The minimum Gasteiger partial charge on any atom is -0.366 e. The Balaban J connectivity index is 1.55. The number of fused-ring (bicyclic) bond motifs is 5. The van der Waals surface area contributed by atoms with Crippen LogP contribution in [0.2, 0.25) is 0 Å². The summed E-state index contributed by atoms with van der Waals surface area (Å²) < 4.78 is 1.84. The van der Waals surface area contributed by atoms with Gasteiger partial charge < -0.3 is 9.47 Å². The molecule has 3 heterocycles. The standard InChI is InChI=1S/C21H17ClN2O3/c22-18-19(21(27)15-5-2-1-4-14(15)20(18)26)23-9-12-8-13(11-23)16-6-3-7-17(25)24(16)10-12/h1-7,12-13H,8-11H2/t12?,13-/m0/s1. The van der Waals surface area contributed by atoms with Crippen LogP contribution < -0.4 is 5.56 Å². The number of hydrogen-bond acceptors (Lipinski definition) is 4. The summed E-state index contributed by atoms with van der Waals surface area (Å²) in [7, 11) is 0. The lowest BCUT2D eigenvalue weighted by molar-refractivity contribution is 0.0895. The molecule has 3 aliphatic rings. The van der Waals surface area contributed by atoms with Gasteiger partial charge in [0.15, 0.2) is 0 Å². The van der Waals surface area contributed by atoms with E-state index in [1.807, 2.05) is 15.5 Å². The maximum Gasteiger partial charge on any atom is 0.250 e. The van der Waals surface area contributed by atoms with E-state index in [9.17, 15) is 14.4 Å². The number of allylic oxidation sites excluding steroid dienone is 2. The average Bonchev–Trinajstić information content (AvgIpc) is 2.67. The quantitative estimate of drug-likeness (QED) is 0.763. The van der Waals surface area contributed by atoms with E-state index >= 15 is 0 Å². The lowest BCUT2D eigenvalue weighted by Gasteiger charge is -2.44. The Morgan fingerprint density at radius 2 is 1.59 bits per heavy atom. The van der Waals surface area contributed by atoms with Crippen molar-refractivity contribution in [2.45, 2.75) is 18.9 Å². The zero-order valence-corrected chi connectivity index (χ0v) is 15.3. The molecule has 0 radical (unpaired) electrons. The predicted octanol–water partition coefficient (Wildman–Crippen LogP) is 2.80. The molecule has 6 heteroatoms. The largest absolute Gasteiger partial charge is 0.366 e. The highest BCUT2D eigenvalue weighted by Gasteiger charge is 2.40. The molecular weight excluding hydrogens is 364 g/mol. The minimum atomic E-state index is -0.297. The molecule has 0 spiro atoms. The third-order valence-corrected chi connectivity index (χ3v) is 6.19. The van der Waals surface area contributed by atoms with E-state index in [0.29, 0.717) is 36.5 Å². The second-order valence-corrected chi connectivity index (χ2v) is 7.85. The molecule has 2 aliphatic heterocycles. The molecule has 1 aromatic carbocycles. The van der Waals surface area contributed by atoms with Gasteiger partial charge in [0.2, 0.25) is 11.6 Å². The highest BCUT2D eigenvalue weighted by atomic mass is 35.5. The van der Waals surface area contributed by atoms with Crippen LogP contribution in [0.25, 0.3) is 0 Å². The number of ketones is 2. The van der Waals surface area contributed by atoms with Gasteiger partial charge in [-0.2, -0.15) is 0 Å². The maximum atomic E-state index is 13.1. The van der Waals surface area contributed by atoms with Crippen molar-refractivity contribution in [1.82, 2.24) is 9.47 Å². The van der Waals surface area contributed by atoms with Crippen molar-refractivity contribution in [1.29, 1.82) is 0 Å². The maximum absolute atomic E-state index is 13.1. The lowest BCUT2D eigenvalue weighted by Crippen LogP contribution is -2.48. The first-order chi connectivity index (χ1) is 13.0. The van der Waals surface area contributed by atoms with Crippen LogP contribution in [0.1, 0.15) is 38.7 Å². The van der Waals surface area contributed by atoms with Crippen molar-refractivity contribution in [3.8, 4) is 0 Å². The summed E-state index contributed by atoms with van der Waals surface area (Å²) in [4.78, 5) is 39.9. The molecular formula is C21H17ClN2O3. The number of hydrogen-bond donors (Lipinski definition) is 0. The van der Waals surface area contributed by atoms with Crippen LogP contribution in [0.15, 0.2) is 58.0 Å². The lowest BCUT2D eigenvalue weighted by atomic mass is 9.82. The molecule has 1 saturated heterocycles. The number of nitrogens with zero attached hydrogens (tertiary/aromatic N) is 2. The van der Waals surface area contributed by atoms with Gasteiger partial charge in [-0.05, 0) is 18.4 Å². The molecule has 2 atom stereocenters. The Labute approximate surface area is 160 Å². The molecule has 1 aliphatic carbocycles. The van der Waals surface area contributed by atoms with E-state index in [-0.39, 0.29) is 34.0 Å². The van der Waals surface area contributed by atoms with Crippen molar-refractivity contribution in [2.75, 3.05) is 13.1 Å². The number of aromatic nitrogens is 1. The highest BCUT2D eigenvalue weighted by Crippen LogP contribution is 2.39. The molecule has 0 saturated carbocycles. The molecule has 1 unspecified atom stereocenters. The highest BCUT2D eigenvalue weighted by molar-refractivity contribution is 6.49. The summed E-state index contributed by atoms with van der Waals surface area (Å²) in [6.45, 7) is 1.82. The molecule has 1 fully saturated rings. The van der Waals surface area contributed by atoms with E-state index < -0.39 is 0 Å². The van der Waals surface area contributed by atoms with Crippen LogP contribution in [0.5, 0.6) is 0 Å². The number of halogens is 1. The van der Waals surface area contributed by atoms with Gasteiger partial charge in [0.05, 0.1) is 0 Å². The number of pyridine rings is 1. The molecule has 1 aromatic heterocycles. The van der Waals surface area contributed by atoms with E-state index in [4.69, 9.17) is 11.6 Å². The van der Waals surface area contributed by atoms with Crippen molar-refractivity contribution in [3.63, 3.8) is 0 Å². The first-order valence-corrected chi connectivity index (χ1v) is 9.45. The summed E-state index contributed by atoms with van der Waals surface area (Å²) in [5.74, 6) is -0.105. The second-order valence-electron chi connectivity index (χ2n) is 7.47. The Morgan fingerprint density at radius 1 is 0.852 bits per heavy atom. The van der Waals surface area contributed by atoms with Crippen molar-refractivity contribution >= 4 is 23.2 Å². The van der Waals surface area contributed by atoms with Gasteiger partial charge in [-0.25, -0.2) is 0 Å². The summed E-state index contributed by atoms with van der Waals surface area (Å²) in [6, 6.07) is 12.2. The third-order valence-electron chi connectivity index (χ3n) is 5.83. The molecule has 5 nitrogen and oxygen atoms in total. The Hall–Kier alpha value is -2.66. The van der Waals surface area contributed by atoms with E-state index in [0.717, 1.165) is 12.1 Å². The summed E-state index contributed by atoms with van der Waals surface area (Å²) >= 11 is 6.38. The second kappa shape index (κ2) is 5.92. The van der Waals surface area contributed by atoms with E-state index in [2.05, 4.69) is 0 Å². The molecule has 2 aromatic rings. The Kier molecular flexibility index (Phi) is 3.62. The topological polar surface area (TPSA) is 59.4 Å². The molecule has 5 rings (SSSR count).